The molecule has 0 atom stereocenters. The molecule has 0 bridgehead atoms. The molecule has 2 aliphatic rings. The van der Waals surface area contributed by atoms with E-state index in [2.05, 4.69) is 113 Å². The van der Waals surface area contributed by atoms with Gasteiger partial charge in [-0.2, -0.15) is 0 Å². The number of nitrogens with zero attached hydrogens (tertiary/aromatic N) is 3. The van der Waals surface area contributed by atoms with Crippen molar-refractivity contribution < 1.29 is 0 Å². The summed E-state index contributed by atoms with van der Waals surface area (Å²) >= 11 is 0. The third-order valence-electron chi connectivity index (χ3n) is 8.47. The van der Waals surface area contributed by atoms with Gasteiger partial charge in [0.1, 0.15) is 0 Å². The molecule has 0 aliphatic carbocycles. The molecule has 38 heavy (non-hydrogen) atoms. The van der Waals surface area contributed by atoms with Gasteiger partial charge in [-0.15, -0.1) is 0 Å². The Morgan fingerprint density at radius 1 is 0.500 bits per heavy atom. The van der Waals surface area contributed by atoms with E-state index in [0.717, 1.165) is 44.3 Å². The van der Waals surface area contributed by atoms with Gasteiger partial charge < -0.3 is 9.80 Å². The number of hydrogen-bond donors (Lipinski definition) is 0. The lowest BCUT2D eigenvalue weighted by molar-refractivity contribution is 0.768. The van der Waals surface area contributed by atoms with Crippen molar-refractivity contribution in [2.24, 2.45) is 0 Å². The fourth-order valence-corrected chi connectivity index (χ4v) is 6.85. The first kappa shape index (κ1) is 21.7. The van der Waals surface area contributed by atoms with Crippen LogP contribution in [0.15, 0.2) is 103 Å². The molecular weight excluding hydrogens is 462 g/mol. The van der Waals surface area contributed by atoms with Crippen LogP contribution in [0.1, 0.15) is 24.0 Å². The number of rotatable bonds is 2. The molecule has 0 saturated heterocycles. The van der Waals surface area contributed by atoms with E-state index in [9.17, 15) is 0 Å². The summed E-state index contributed by atoms with van der Waals surface area (Å²) in [5.74, 6) is 0. The third-order valence-corrected chi connectivity index (χ3v) is 8.47. The van der Waals surface area contributed by atoms with Crippen LogP contribution < -0.4 is 9.80 Å². The highest BCUT2D eigenvalue weighted by atomic mass is 15.2. The summed E-state index contributed by atoms with van der Waals surface area (Å²) in [6, 6.07) is 35.6. The summed E-state index contributed by atoms with van der Waals surface area (Å²) in [4.78, 5) is 10.2. The average Bonchev–Trinajstić information content (AvgIpc) is 2.99. The van der Waals surface area contributed by atoms with Crippen LogP contribution in [0.25, 0.3) is 32.4 Å². The predicted octanol–water partition coefficient (Wildman–Crippen LogP) is 8.71. The Kier molecular flexibility index (Phi) is 4.91. The summed E-state index contributed by atoms with van der Waals surface area (Å²) in [5, 5.41) is 6.37. The zero-order chi connectivity index (χ0) is 25.1. The quantitative estimate of drug-likeness (QED) is 0.178. The Morgan fingerprint density at radius 2 is 1.03 bits per heavy atom. The molecule has 0 radical (unpaired) electrons. The number of anilines is 4. The number of fused-ring (bicyclic) bond motifs is 6. The minimum Gasteiger partial charge on any atom is -0.340 e. The fraction of sp³-hybridized carbons (Fsp3) is 0.171. The molecule has 0 spiro atoms. The number of pyridine rings is 1. The molecule has 3 heterocycles. The lowest BCUT2D eigenvalue weighted by Crippen LogP contribution is -2.27. The Bertz CT molecular complexity index is 1850. The minimum atomic E-state index is 1.01. The van der Waals surface area contributed by atoms with Crippen LogP contribution in [-0.2, 0) is 12.8 Å². The SMILES string of the molecule is c1ccc2c(c1)CCCN2c1c2ccccc2c(N2CCCc3ccccc32)c2c1cnc1ccccc12. The maximum atomic E-state index is 5.01. The predicted molar refractivity (Wildman–Crippen MR) is 160 cm³/mol. The fourth-order valence-electron chi connectivity index (χ4n) is 6.85. The summed E-state index contributed by atoms with van der Waals surface area (Å²) < 4.78 is 0. The van der Waals surface area contributed by atoms with Gasteiger partial charge in [-0.3, -0.25) is 4.98 Å². The van der Waals surface area contributed by atoms with Crippen molar-refractivity contribution in [1.82, 2.24) is 4.98 Å². The maximum Gasteiger partial charge on any atom is 0.0709 e. The van der Waals surface area contributed by atoms with Crippen LogP contribution in [0, 0.1) is 0 Å². The first-order chi connectivity index (χ1) is 18.9. The monoisotopic (exact) mass is 491 g/mol. The van der Waals surface area contributed by atoms with Crippen LogP contribution in [0.5, 0.6) is 0 Å². The number of para-hydroxylation sites is 3. The lowest BCUT2D eigenvalue weighted by atomic mass is 9.92. The number of hydrogen-bond acceptors (Lipinski definition) is 3. The number of benzene rings is 5. The topological polar surface area (TPSA) is 19.4 Å². The van der Waals surface area contributed by atoms with Gasteiger partial charge in [-0.25, -0.2) is 0 Å². The first-order valence-corrected chi connectivity index (χ1v) is 13.8. The second kappa shape index (κ2) is 8.59. The molecule has 2 aliphatic heterocycles. The van der Waals surface area contributed by atoms with Crippen molar-refractivity contribution in [3.05, 3.63) is 114 Å². The van der Waals surface area contributed by atoms with E-state index in [4.69, 9.17) is 4.98 Å². The van der Waals surface area contributed by atoms with Crippen molar-refractivity contribution in [2.75, 3.05) is 22.9 Å². The first-order valence-electron chi connectivity index (χ1n) is 13.8. The van der Waals surface area contributed by atoms with E-state index in [1.165, 1.54) is 60.8 Å². The van der Waals surface area contributed by atoms with Crippen molar-refractivity contribution in [3.8, 4) is 0 Å². The van der Waals surface area contributed by atoms with Crippen LogP contribution in [0.4, 0.5) is 22.7 Å². The summed E-state index contributed by atoms with van der Waals surface area (Å²) in [6.07, 6.45) is 6.70. The molecule has 0 saturated carbocycles. The molecule has 5 aromatic carbocycles. The smallest absolute Gasteiger partial charge is 0.0709 e. The molecule has 0 N–H and O–H groups in total. The second-order valence-corrected chi connectivity index (χ2v) is 10.6. The standard InChI is InChI=1S/C35H29N3/c1-7-19-31-24(11-1)13-9-21-37(31)34-26-15-3-4-16-27(26)35(38-22-10-14-25-12-2-8-20-32(25)38)33-28-17-5-6-18-30(28)36-23-29(33)34/h1-8,11-12,15-20,23H,9-10,13-14,21-22H2. The molecule has 3 nitrogen and oxygen atoms in total. The molecule has 0 fully saturated rings. The molecule has 8 rings (SSSR count). The minimum absolute atomic E-state index is 1.01. The molecule has 0 unspecified atom stereocenters. The molecule has 3 heteroatoms. The van der Waals surface area contributed by atoms with E-state index in [1.807, 2.05) is 0 Å². The second-order valence-electron chi connectivity index (χ2n) is 10.6. The van der Waals surface area contributed by atoms with Crippen molar-refractivity contribution in [2.45, 2.75) is 25.7 Å². The molecular formula is C35H29N3. The van der Waals surface area contributed by atoms with Gasteiger partial charge in [0.2, 0.25) is 0 Å². The Morgan fingerprint density at radius 3 is 1.71 bits per heavy atom. The third kappa shape index (κ3) is 3.18. The Balaban J connectivity index is 1.54. The average molecular weight is 492 g/mol. The van der Waals surface area contributed by atoms with Crippen molar-refractivity contribution >= 4 is 55.2 Å². The molecule has 6 aromatic rings. The zero-order valence-corrected chi connectivity index (χ0v) is 21.4. The number of aromatic nitrogens is 1. The lowest BCUT2D eigenvalue weighted by Gasteiger charge is -2.37. The van der Waals surface area contributed by atoms with E-state index in [-0.39, 0.29) is 0 Å². The van der Waals surface area contributed by atoms with Crippen LogP contribution >= 0.6 is 0 Å². The summed E-state index contributed by atoms with van der Waals surface area (Å²) in [6.45, 7) is 2.02. The van der Waals surface area contributed by atoms with Gasteiger partial charge in [0.25, 0.3) is 0 Å². The van der Waals surface area contributed by atoms with Gasteiger partial charge in [0.05, 0.1) is 16.9 Å². The van der Waals surface area contributed by atoms with Gasteiger partial charge in [0.15, 0.2) is 0 Å². The highest BCUT2D eigenvalue weighted by molar-refractivity contribution is 6.27. The maximum absolute atomic E-state index is 5.01. The molecule has 184 valence electrons. The van der Waals surface area contributed by atoms with E-state index in [1.54, 1.807) is 0 Å². The van der Waals surface area contributed by atoms with Crippen LogP contribution in [-0.4, -0.2) is 18.1 Å². The van der Waals surface area contributed by atoms with E-state index in [0.29, 0.717) is 0 Å². The summed E-state index contributed by atoms with van der Waals surface area (Å²) in [7, 11) is 0. The normalized spacial score (nSPS) is 15.2. The van der Waals surface area contributed by atoms with E-state index >= 15 is 0 Å². The van der Waals surface area contributed by atoms with Gasteiger partial charge in [0, 0.05) is 57.6 Å². The zero-order valence-electron chi connectivity index (χ0n) is 21.4. The Hall–Kier alpha value is -4.37. The number of aryl methyl sites for hydroxylation is 2. The Labute approximate surface area is 223 Å². The van der Waals surface area contributed by atoms with Crippen LogP contribution in [0.2, 0.25) is 0 Å². The van der Waals surface area contributed by atoms with Crippen LogP contribution in [0.3, 0.4) is 0 Å². The highest BCUT2D eigenvalue weighted by Gasteiger charge is 2.28. The summed E-state index contributed by atoms with van der Waals surface area (Å²) in [5.41, 5.74) is 9.18. The highest BCUT2D eigenvalue weighted by Crippen LogP contribution is 2.50. The molecule has 1 aromatic heterocycles. The largest absolute Gasteiger partial charge is 0.340 e. The molecule has 0 amide bonds. The van der Waals surface area contributed by atoms with Gasteiger partial charge in [-0.1, -0.05) is 78.9 Å². The van der Waals surface area contributed by atoms with Crippen molar-refractivity contribution in [1.29, 1.82) is 0 Å². The van der Waals surface area contributed by atoms with Gasteiger partial charge >= 0.3 is 0 Å². The van der Waals surface area contributed by atoms with E-state index < -0.39 is 0 Å². The van der Waals surface area contributed by atoms with Gasteiger partial charge in [-0.05, 0) is 55.0 Å². The van der Waals surface area contributed by atoms with Crippen molar-refractivity contribution in [3.63, 3.8) is 0 Å².